The van der Waals surface area contributed by atoms with Crippen LogP contribution in [0.3, 0.4) is 0 Å². The van der Waals surface area contributed by atoms with Gasteiger partial charge in [0, 0.05) is 13.0 Å². The van der Waals surface area contributed by atoms with Gasteiger partial charge in [-0.05, 0) is 25.0 Å². The van der Waals surface area contributed by atoms with Crippen molar-refractivity contribution in [2.24, 2.45) is 0 Å². The summed E-state index contributed by atoms with van der Waals surface area (Å²) in [7, 11) is 0. The monoisotopic (exact) mass is 394 g/mol. The van der Waals surface area contributed by atoms with E-state index in [0.717, 1.165) is 0 Å². The van der Waals surface area contributed by atoms with E-state index in [2.05, 4.69) is 10.1 Å². The van der Waals surface area contributed by atoms with E-state index in [1.807, 2.05) is 0 Å². The van der Waals surface area contributed by atoms with Gasteiger partial charge in [0.2, 0.25) is 11.8 Å². The number of rotatable bonds is 8. The maximum atomic E-state index is 13.9. The van der Waals surface area contributed by atoms with Gasteiger partial charge in [-0.2, -0.15) is 8.78 Å². The van der Waals surface area contributed by atoms with Crippen molar-refractivity contribution in [2.45, 2.75) is 37.7 Å². The van der Waals surface area contributed by atoms with Gasteiger partial charge < -0.3 is 15.0 Å². The van der Waals surface area contributed by atoms with E-state index in [-0.39, 0.29) is 12.1 Å². The highest BCUT2D eigenvalue weighted by molar-refractivity contribution is 5.99. The molecule has 1 N–H and O–H groups in total. The fourth-order valence-corrected chi connectivity index (χ4v) is 2.62. The molecule has 150 valence electrons. The molecule has 10 heteroatoms. The smallest absolute Gasteiger partial charge is 0.330 e. The number of ether oxygens (including phenoxy) is 1. The third-order valence-electron chi connectivity index (χ3n) is 4.00. The molecule has 2 amide bonds. The Balaban J connectivity index is 1.83. The summed E-state index contributed by atoms with van der Waals surface area (Å²) in [6.45, 7) is -1.69. The third kappa shape index (κ3) is 5.62. The number of benzene rings is 1. The number of anilines is 1. The number of carbonyl (C=O) groups excluding carboxylic acids is 2. The van der Waals surface area contributed by atoms with Crippen LogP contribution in [-0.2, 0) is 14.3 Å². The van der Waals surface area contributed by atoms with Crippen LogP contribution >= 0.6 is 0 Å². The zero-order valence-corrected chi connectivity index (χ0v) is 14.3. The van der Waals surface area contributed by atoms with Gasteiger partial charge in [0.15, 0.2) is 0 Å². The van der Waals surface area contributed by atoms with Crippen molar-refractivity contribution in [3.8, 4) is 0 Å². The van der Waals surface area contributed by atoms with Crippen LogP contribution in [-0.4, -0.2) is 50.0 Å². The van der Waals surface area contributed by atoms with E-state index in [4.69, 9.17) is 0 Å². The zero-order valence-electron chi connectivity index (χ0n) is 14.3. The van der Waals surface area contributed by atoms with Gasteiger partial charge in [-0.1, -0.05) is 12.1 Å². The first-order valence-electron chi connectivity index (χ1n) is 8.31. The van der Waals surface area contributed by atoms with Crippen LogP contribution in [0.5, 0.6) is 0 Å². The molecule has 1 aliphatic rings. The first-order chi connectivity index (χ1) is 12.7. The van der Waals surface area contributed by atoms with Crippen LogP contribution < -0.4 is 10.2 Å². The summed E-state index contributed by atoms with van der Waals surface area (Å²) in [5.41, 5.74) is 0.110. The second kappa shape index (κ2) is 9.12. The van der Waals surface area contributed by atoms with Crippen molar-refractivity contribution < 1.29 is 36.3 Å². The molecular formula is C17H19F5N2O3. The van der Waals surface area contributed by atoms with Crippen LogP contribution in [0.1, 0.15) is 19.3 Å². The van der Waals surface area contributed by atoms with E-state index in [1.54, 1.807) is 6.07 Å². The highest BCUT2D eigenvalue weighted by atomic mass is 19.3. The summed E-state index contributed by atoms with van der Waals surface area (Å²) < 4.78 is 67.6. The number of halogens is 5. The minimum Gasteiger partial charge on any atom is -0.374 e. The summed E-state index contributed by atoms with van der Waals surface area (Å²) >= 11 is 0. The van der Waals surface area contributed by atoms with Crippen molar-refractivity contribution in [3.63, 3.8) is 0 Å². The first-order valence-corrected chi connectivity index (χ1v) is 8.31. The van der Waals surface area contributed by atoms with Crippen LogP contribution in [0, 0.1) is 5.82 Å². The van der Waals surface area contributed by atoms with E-state index in [9.17, 15) is 31.5 Å². The SMILES string of the molecule is O=C(CCOCC(F)(F)C(F)F)N[C@H]1CCCN(c2ccccc2F)C1=O. The Bertz CT molecular complexity index is 672. The standard InChI is InChI=1S/C17H19F5N2O3/c18-11-4-1-2-6-13(11)24-8-3-5-12(15(24)26)23-14(25)7-9-27-10-17(21,22)16(19)20/h1-2,4,6,12,16H,3,5,7-10H2,(H,23,25)/t12-/m0/s1. The molecule has 1 aromatic carbocycles. The van der Waals surface area contributed by atoms with Gasteiger partial charge in [-0.15, -0.1) is 0 Å². The summed E-state index contributed by atoms with van der Waals surface area (Å²) in [6, 6.07) is 4.87. The Morgan fingerprint density at radius 1 is 1.33 bits per heavy atom. The lowest BCUT2D eigenvalue weighted by Crippen LogP contribution is -2.52. The van der Waals surface area contributed by atoms with E-state index in [0.29, 0.717) is 19.4 Å². The Kier molecular flexibility index (Phi) is 7.11. The number of amides is 2. The van der Waals surface area contributed by atoms with Crippen molar-refractivity contribution >= 4 is 17.5 Å². The van der Waals surface area contributed by atoms with E-state index < -0.39 is 49.2 Å². The molecule has 1 atom stereocenters. The van der Waals surface area contributed by atoms with Crippen LogP contribution in [0.25, 0.3) is 0 Å². The highest BCUT2D eigenvalue weighted by Gasteiger charge is 2.41. The van der Waals surface area contributed by atoms with E-state index >= 15 is 0 Å². The average Bonchev–Trinajstić information content (AvgIpc) is 2.61. The lowest BCUT2D eigenvalue weighted by Gasteiger charge is -2.32. The Morgan fingerprint density at radius 3 is 2.70 bits per heavy atom. The molecule has 1 aromatic rings. The molecule has 1 aliphatic heterocycles. The maximum absolute atomic E-state index is 13.9. The van der Waals surface area contributed by atoms with Gasteiger partial charge >= 0.3 is 12.3 Å². The molecule has 0 bridgehead atoms. The number of nitrogens with zero attached hydrogens (tertiary/aromatic N) is 1. The molecule has 5 nitrogen and oxygen atoms in total. The molecule has 1 saturated heterocycles. The second-order valence-corrected chi connectivity index (χ2v) is 6.07. The van der Waals surface area contributed by atoms with Crippen LogP contribution in [0.2, 0.25) is 0 Å². The first kappa shape index (κ1) is 21.1. The summed E-state index contributed by atoms with van der Waals surface area (Å²) in [6.07, 6.45) is -3.35. The van der Waals surface area contributed by atoms with Crippen molar-refractivity contribution in [1.82, 2.24) is 5.32 Å². The molecule has 0 spiro atoms. The highest BCUT2D eigenvalue weighted by Crippen LogP contribution is 2.24. The van der Waals surface area contributed by atoms with Crippen molar-refractivity contribution in [1.29, 1.82) is 0 Å². The zero-order chi connectivity index (χ0) is 20.0. The summed E-state index contributed by atoms with van der Waals surface area (Å²) in [5.74, 6) is -5.98. The number of hydrogen-bond acceptors (Lipinski definition) is 3. The number of hydrogen-bond donors (Lipinski definition) is 1. The molecule has 27 heavy (non-hydrogen) atoms. The molecule has 1 fully saturated rings. The van der Waals surface area contributed by atoms with Crippen LogP contribution in [0.4, 0.5) is 27.6 Å². The Labute approximate surface area is 152 Å². The summed E-state index contributed by atoms with van der Waals surface area (Å²) in [5, 5.41) is 2.44. The molecular weight excluding hydrogens is 375 g/mol. The number of nitrogens with one attached hydrogen (secondary N) is 1. The van der Waals surface area contributed by atoms with Gasteiger partial charge in [0.25, 0.3) is 0 Å². The summed E-state index contributed by atoms with van der Waals surface area (Å²) in [4.78, 5) is 25.6. The third-order valence-corrected chi connectivity index (χ3v) is 4.00. The Hall–Kier alpha value is -2.23. The number of piperidine rings is 1. The maximum Gasteiger partial charge on any atom is 0.330 e. The van der Waals surface area contributed by atoms with Gasteiger partial charge in [0.05, 0.1) is 12.3 Å². The molecule has 0 aliphatic carbocycles. The van der Waals surface area contributed by atoms with Gasteiger partial charge in [-0.25, -0.2) is 13.2 Å². The van der Waals surface area contributed by atoms with Crippen molar-refractivity contribution in [2.75, 3.05) is 24.7 Å². The lowest BCUT2D eigenvalue weighted by atomic mass is 10.0. The fraction of sp³-hybridized carbons (Fsp3) is 0.529. The minimum absolute atomic E-state index is 0.110. The molecule has 2 rings (SSSR count). The van der Waals surface area contributed by atoms with Gasteiger partial charge in [0.1, 0.15) is 18.5 Å². The van der Waals surface area contributed by atoms with Crippen molar-refractivity contribution in [3.05, 3.63) is 30.1 Å². The predicted molar refractivity (Wildman–Crippen MR) is 86.3 cm³/mol. The van der Waals surface area contributed by atoms with E-state index in [1.165, 1.54) is 23.1 Å². The predicted octanol–water partition coefficient (Wildman–Crippen LogP) is 2.74. The van der Waals surface area contributed by atoms with Gasteiger partial charge in [-0.3, -0.25) is 9.59 Å². The molecule has 1 heterocycles. The second-order valence-electron chi connectivity index (χ2n) is 6.07. The quantitative estimate of drug-likeness (QED) is 0.545. The molecule has 0 saturated carbocycles. The Morgan fingerprint density at radius 2 is 2.04 bits per heavy atom. The minimum atomic E-state index is -4.28. The topological polar surface area (TPSA) is 58.6 Å². The molecule has 0 radical (unpaired) electrons. The van der Waals surface area contributed by atoms with Crippen LogP contribution in [0.15, 0.2) is 24.3 Å². The fourth-order valence-electron chi connectivity index (χ4n) is 2.62. The normalized spacial score (nSPS) is 18.1. The number of para-hydroxylation sites is 1. The number of carbonyl (C=O) groups is 2. The average molecular weight is 394 g/mol. The largest absolute Gasteiger partial charge is 0.374 e. The number of alkyl halides is 4. The molecule has 0 aromatic heterocycles. The lowest BCUT2D eigenvalue weighted by molar-refractivity contribution is -0.166. The molecule has 0 unspecified atom stereocenters.